The monoisotopic (exact) mass is 211 g/mol. The van der Waals surface area contributed by atoms with Crippen LogP contribution in [0.2, 0.25) is 0 Å². The predicted molar refractivity (Wildman–Crippen MR) is 58.4 cm³/mol. The van der Waals surface area contributed by atoms with Gasteiger partial charge in [-0.15, -0.1) is 0 Å². The van der Waals surface area contributed by atoms with Gasteiger partial charge in [-0.05, 0) is 32.9 Å². The van der Waals surface area contributed by atoms with Gasteiger partial charge in [0.1, 0.15) is 11.8 Å². The van der Waals surface area contributed by atoms with Crippen LogP contribution >= 0.6 is 0 Å². The normalized spacial score (nSPS) is 30.3. The van der Waals surface area contributed by atoms with E-state index in [0.717, 1.165) is 0 Å². The number of allylic oxidation sites excluding steroid dienone is 1. The van der Waals surface area contributed by atoms with Crippen LogP contribution in [0.4, 0.5) is 0 Å². The second kappa shape index (κ2) is 3.75. The number of hydrogen-bond acceptors (Lipinski definition) is 5. The minimum Gasteiger partial charge on any atom is -0.458 e. The molecule has 1 heterocycles. The van der Waals surface area contributed by atoms with E-state index in [4.69, 9.17) is 16.2 Å². The van der Waals surface area contributed by atoms with E-state index in [1.165, 1.54) is 12.3 Å². The van der Waals surface area contributed by atoms with E-state index < -0.39 is 23.3 Å². The fraction of sp³-hybridized carbons (Fsp3) is 0.600. The molecular formula is C10H17N3O2. The number of carbonyl (C=O) groups is 1. The van der Waals surface area contributed by atoms with Crippen molar-refractivity contribution < 1.29 is 9.53 Å². The van der Waals surface area contributed by atoms with Crippen LogP contribution in [0.3, 0.4) is 0 Å². The van der Waals surface area contributed by atoms with E-state index in [9.17, 15) is 4.79 Å². The van der Waals surface area contributed by atoms with Gasteiger partial charge in [0.2, 0.25) is 0 Å². The van der Waals surface area contributed by atoms with E-state index in [2.05, 4.69) is 4.99 Å². The summed E-state index contributed by atoms with van der Waals surface area (Å²) in [6.45, 7) is 5.32. The van der Waals surface area contributed by atoms with Gasteiger partial charge >= 0.3 is 5.97 Å². The number of rotatable bonds is 1. The zero-order valence-electron chi connectivity index (χ0n) is 9.23. The third-order valence-electron chi connectivity index (χ3n) is 1.95. The summed E-state index contributed by atoms with van der Waals surface area (Å²) in [5, 5.41) is 0. The number of hydrogen-bond donors (Lipinski definition) is 2. The van der Waals surface area contributed by atoms with E-state index >= 15 is 0 Å². The van der Waals surface area contributed by atoms with E-state index in [0.29, 0.717) is 0 Å². The number of nitrogens with two attached hydrogens (primary N) is 2. The molecule has 0 spiro atoms. The van der Waals surface area contributed by atoms with Gasteiger partial charge < -0.3 is 16.2 Å². The Kier molecular flexibility index (Phi) is 2.97. The molecule has 0 amide bonds. The Hall–Kier alpha value is -1.20. The van der Waals surface area contributed by atoms with Crippen molar-refractivity contribution in [3.63, 3.8) is 0 Å². The largest absolute Gasteiger partial charge is 0.458 e. The molecule has 1 rings (SSSR count). The van der Waals surface area contributed by atoms with Gasteiger partial charge in [-0.2, -0.15) is 0 Å². The summed E-state index contributed by atoms with van der Waals surface area (Å²) in [6, 6.07) is 0. The number of nitrogens with zero attached hydrogens (tertiary/aromatic N) is 1. The average molecular weight is 211 g/mol. The van der Waals surface area contributed by atoms with E-state index in [1.54, 1.807) is 26.8 Å². The van der Waals surface area contributed by atoms with Gasteiger partial charge in [0.05, 0.1) is 0 Å². The van der Waals surface area contributed by atoms with Crippen LogP contribution in [0.25, 0.3) is 0 Å². The minimum atomic E-state index is -1.36. The van der Waals surface area contributed by atoms with Crippen LogP contribution in [0, 0.1) is 0 Å². The van der Waals surface area contributed by atoms with Gasteiger partial charge in [0.15, 0.2) is 5.54 Å². The highest BCUT2D eigenvalue weighted by Crippen LogP contribution is 2.18. The quantitative estimate of drug-likeness (QED) is 0.595. The lowest BCUT2D eigenvalue weighted by atomic mass is 9.95. The Morgan fingerprint density at radius 3 is 2.60 bits per heavy atom. The topological polar surface area (TPSA) is 90.7 Å². The maximum Gasteiger partial charge on any atom is 0.334 e. The average Bonchev–Trinajstić information content (AvgIpc) is 2.07. The summed E-state index contributed by atoms with van der Waals surface area (Å²) in [4.78, 5) is 15.7. The summed E-state index contributed by atoms with van der Waals surface area (Å²) in [5.74, 6) is -0.560. The van der Waals surface area contributed by atoms with Gasteiger partial charge in [-0.1, -0.05) is 0 Å². The third kappa shape index (κ3) is 2.64. The van der Waals surface area contributed by atoms with Crippen LogP contribution in [0.5, 0.6) is 0 Å². The van der Waals surface area contributed by atoms with Gasteiger partial charge in [-0.25, -0.2) is 4.79 Å². The maximum atomic E-state index is 11.8. The number of carbonyl (C=O) groups excluding carboxylic acids is 1. The number of dihydropyridines is 1. The molecule has 15 heavy (non-hydrogen) atoms. The van der Waals surface area contributed by atoms with E-state index in [1.807, 2.05) is 0 Å². The first-order chi connectivity index (χ1) is 6.76. The highest BCUT2D eigenvalue weighted by Gasteiger charge is 2.42. The molecule has 0 aromatic rings. The smallest absolute Gasteiger partial charge is 0.334 e. The lowest BCUT2D eigenvalue weighted by Gasteiger charge is -2.32. The molecule has 0 radical (unpaired) electrons. The maximum absolute atomic E-state index is 11.8. The highest BCUT2D eigenvalue weighted by molar-refractivity contribution is 5.88. The molecule has 1 aliphatic heterocycles. The Morgan fingerprint density at radius 2 is 2.13 bits per heavy atom. The minimum absolute atomic E-state index is 0.560. The summed E-state index contributed by atoms with van der Waals surface area (Å²) >= 11 is 0. The van der Waals surface area contributed by atoms with Crippen molar-refractivity contribution in [3.05, 3.63) is 12.2 Å². The first-order valence-corrected chi connectivity index (χ1v) is 4.74. The summed E-state index contributed by atoms with van der Waals surface area (Å²) in [5.41, 5.74) is 9.57. The van der Waals surface area contributed by atoms with Crippen molar-refractivity contribution in [3.8, 4) is 0 Å². The van der Waals surface area contributed by atoms with Crippen LogP contribution < -0.4 is 11.5 Å². The van der Waals surface area contributed by atoms with Crippen molar-refractivity contribution in [2.45, 2.75) is 38.1 Å². The van der Waals surface area contributed by atoms with Crippen molar-refractivity contribution in [1.29, 1.82) is 0 Å². The number of esters is 1. The van der Waals surface area contributed by atoms with Crippen molar-refractivity contribution in [1.82, 2.24) is 0 Å². The molecule has 2 atom stereocenters. The van der Waals surface area contributed by atoms with Crippen LogP contribution in [0.1, 0.15) is 20.8 Å². The SMILES string of the molecule is CC(C)(C)OC(=O)C1(N)C=CC=NC1N. The zero-order chi connectivity index (χ0) is 11.7. The summed E-state index contributed by atoms with van der Waals surface area (Å²) in [6.07, 6.45) is 3.82. The number of aliphatic imine (C=N–C) groups is 1. The Labute approximate surface area is 89.2 Å². The van der Waals surface area contributed by atoms with Crippen molar-refractivity contribution >= 4 is 12.2 Å². The lowest BCUT2D eigenvalue weighted by molar-refractivity contribution is -0.160. The molecule has 5 nitrogen and oxygen atoms in total. The Balaban J connectivity index is 2.83. The zero-order valence-corrected chi connectivity index (χ0v) is 9.23. The molecule has 0 aromatic heterocycles. The summed E-state index contributed by atoms with van der Waals surface area (Å²) in [7, 11) is 0. The molecule has 4 N–H and O–H groups in total. The fourth-order valence-electron chi connectivity index (χ4n) is 1.12. The fourth-order valence-corrected chi connectivity index (χ4v) is 1.12. The van der Waals surface area contributed by atoms with Gasteiger partial charge in [0, 0.05) is 6.21 Å². The molecule has 2 unspecified atom stereocenters. The van der Waals surface area contributed by atoms with Gasteiger partial charge in [-0.3, -0.25) is 4.99 Å². The molecule has 0 saturated heterocycles. The van der Waals surface area contributed by atoms with Crippen molar-refractivity contribution in [2.24, 2.45) is 16.5 Å². The molecular weight excluding hydrogens is 194 g/mol. The third-order valence-corrected chi connectivity index (χ3v) is 1.95. The van der Waals surface area contributed by atoms with Gasteiger partial charge in [0.25, 0.3) is 0 Å². The molecule has 0 fully saturated rings. The Bertz CT molecular complexity index is 317. The standard InChI is InChI=1S/C10H17N3O2/c1-9(2,3)15-8(14)10(12)5-4-6-13-7(10)11/h4-7H,11-12H2,1-3H3. The molecule has 5 heteroatoms. The second-order valence-electron chi connectivity index (χ2n) is 4.54. The molecule has 84 valence electrons. The molecule has 0 saturated carbocycles. The predicted octanol–water partition coefficient (Wildman–Crippen LogP) is -0.0490. The van der Waals surface area contributed by atoms with Crippen LogP contribution in [-0.2, 0) is 9.53 Å². The second-order valence-corrected chi connectivity index (χ2v) is 4.54. The lowest BCUT2D eigenvalue weighted by Crippen LogP contribution is -2.61. The van der Waals surface area contributed by atoms with Crippen LogP contribution in [0.15, 0.2) is 17.1 Å². The Morgan fingerprint density at radius 1 is 1.53 bits per heavy atom. The highest BCUT2D eigenvalue weighted by atomic mass is 16.6. The first-order valence-electron chi connectivity index (χ1n) is 4.74. The van der Waals surface area contributed by atoms with Crippen LogP contribution in [-0.4, -0.2) is 29.5 Å². The molecule has 0 aliphatic carbocycles. The van der Waals surface area contributed by atoms with E-state index in [-0.39, 0.29) is 0 Å². The first kappa shape index (κ1) is 11.9. The molecule has 0 aromatic carbocycles. The summed E-state index contributed by atoms with van der Waals surface area (Å²) < 4.78 is 5.18. The molecule has 1 aliphatic rings. The van der Waals surface area contributed by atoms with Crippen molar-refractivity contribution in [2.75, 3.05) is 0 Å². The number of ether oxygens (including phenoxy) is 1. The molecule has 0 bridgehead atoms.